The van der Waals surface area contributed by atoms with Crippen molar-refractivity contribution < 1.29 is 27.9 Å². The minimum absolute atomic E-state index is 0.0776. The summed E-state index contributed by atoms with van der Waals surface area (Å²) >= 11 is 0. The van der Waals surface area contributed by atoms with E-state index in [-0.39, 0.29) is 30.7 Å². The Balaban J connectivity index is 1.45. The Morgan fingerprint density at radius 2 is 1.82 bits per heavy atom. The van der Waals surface area contributed by atoms with Crippen LogP contribution < -0.4 is 0 Å². The molecule has 34 heavy (non-hydrogen) atoms. The van der Waals surface area contributed by atoms with E-state index in [0.717, 1.165) is 56.8 Å². The van der Waals surface area contributed by atoms with Crippen LogP contribution in [0.2, 0.25) is 0 Å². The molecule has 1 saturated carbocycles. The van der Waals surface area contributed by atoms with Crippen LogP contribution in [0, 0.1) is 17.3 Å². The number of carboxylic acid groups (broad SMARTS) is 1. The van der Waals surface area contributed by atoms with Crippen LogP contribution in [0.3, 0.4) is 0 Å². The number of nitrogens with zero attached hydrogens (tertiary/aromatic N) is 2. The molecule has 2 fully saturated rings. The smallest absolute Gasteiger partial charge is 0.416 e. The van der Waals surface area contributed by atoms with Crippen LogP contribution in [0.15, 0.2) is 18.2 Å². The van der Waals surface area contributed by atoms with E-state index in [1.807, 2.05) is 0 Å². The van der Waals surface area contributed by atoms with Gasteiger partial charge in [-0.3, -0.25) is 9.59 Å². The van der Waals surface area contributed by atoms with Crippen LogP contribution >= 0.6 is 0 Å². The van der Waals surface area contributed by atoms with Gasteiger partial charge in [0.1, 0.15) is 0 Å². The molecule has 1 aromatic carbocycles. The van der Waals surface area contributed by atoms with Crippen molar-refractivity contribution in [3.05, 3.63) is 34.9 Å². The second-order valence-electron chi connectivity index (χ2n) is 10.7. The molecule has 1 aromatic rings. The fourth-order valence-corrected chi connectivity index (χ4v) is 6.32. The molecular formula is C26H35F3N2O3. The van der Waals surface area contributed by atoms with Crippen molar-refractivity contribution >= 4 is 11.9 Å². The van der Waals surface area contributed by atoms with Gasteiger partial charge in [-0.2, -0.15) is 13.2 Å². The van der Waals surface area contributed by atoms with Crippen LogP contribution in [-0.2, 0) is 28.7 Å². The Kier molecular flexibility index (Phi) is 7.00. The van der Waals surface area contributed by atoms with Crippen LogP contribution in [0.4, 0.5) is 13.2 Å². The maximum atomic E-state index is 13.9. The molecule has 2 atom stereocenters. The molecule has 1 amide bonds. The summed E-state index contributed by atoms with van der Waals surface area (Å²) in [4.78, 5) is 29.1. The van der Waals surface area contributed by atoms with Crippen molar-refractivity contribution in [3.63, 3.8) is 0 Å². The van der Waals surface area contributed by atoms with Crippen molar-refractivity contribution in [3.8, 4) is 0 Å². The van der Waals surface area contributed by atoms with Gasteiger partial charge in [-0.05, 0) is 86.7 Å². The van der Waals surface area contributed by atoms with Crippen LogP contribution in [-0.4, -0.2) is 52.5 Å². The first kappa shape index (κ1) is 25.0. The molecule has 3 aliphatic rings. The quantitative estimate of drug-likeness (QED) is 0.646. The fourth-order valence-electron chi connectivity index (χ4n) is 6.32. The number of likely N-dealkylation sites (tertiary alicyclic amines) is 1. The van der Waals surface area contributed by atoms with E-state index in [9.17, 15) is 22.8 Å². The zero-order valence-electron chi connectivity index (χ0n) is 20.0. The molecule has 5 nitrogen and oxygen atoms in total. The summed E-state index contributed by atoms with van der Waals surface area (Å²) in [5.41, 5.74) is 0.334. The van der Waals surface area contributed by atoms with Gasteiger partial charge in [0.05, 0.1) is 11.0 Å². The van der Waals surface area contributed by atoms with Gasteiger partial charge in [-0.25, -0.2) is 0 Å². The molecule has 4 rings (SSSR count). The Morgan fingerprint density at radius 1 is 1.12 bits per heavy atom. The number of piperidine rings is 1. The van der Waals surface area contributed by atoms with Gasteiger partial charge in [0.25, 0.3) is 0 Å². The maximum absolute atomic E-state index is 13.9. The number of benzene rings is 1. The second kappa shape index (κ2) is 9.51. The highest BCUT2D eigenvalue weighted by atomic mass is 19.4. The molecule has 1 saturated heterocycles. The zero-order valence-corrected chi connectivity index (χ0v) is 20.0. The third-order valence-corrected chi connectivity index (χ3v) is 8.52. The highest BCUT2D eigenvalue weighted by molar-refractivity contribution is 5.84. The predicted molar refractivity (Wildman–Crippen MR) is 122 cm³/mol. The van der Waals surface area contributed by atoms with Crippen LogP contribution in [0.5, 0.6) is 0 Å². The van der Waals surface area contributed by atoms with E-state index in [0.29, 0.717) is 24.6 Å². The van der Waals surface area contributed by atoms with Crippen LogP contribution in [0.1, 0.15) is 69.1 Å². The lowest BCUT2D eigenvalue weighted by Crippen LogP contribution is -2.49. The van der Waals surface area contributed by atoms with Gasteiger partial charge in [0.15, 0.2) is 0 Å². The predicted octanol–water partition coefficient (Wildman–Crippen LogP) is 4.97. The summed E-state index contributed by atoms with van der Waals surface area (Å²) < 4.78 is 39.7. The van der Waals surface area contributed by atoms with Gasteiger partial charge in [-0.15, -0.1) is 0 Å². The molecule has 8 heteroatoms. The van der Waals surface area contributed by atoms with E-state index < -0.39 is 23.1 Å². The summed E-state index contributed by atoms with van der Waals surface area (Å²) in [6.07, 6.45) is 0.626. The van der Waals surface area contributed by atoms with E-state index in [1.165, 1.54) is 6.07 Å². The summed E-state index contributed by atoms with van der Waals surface area (Å²) in [7, 11) is 0. The lowest BCUT2D eigenvalue weighted by Gasteiger charge is -2.41. The lowest BCUT2D eigenvalue weighted by molar-refractivity contribution is -0.146. The number of hydrogen-bond acceptors (Lipinski definition) is 3. The van der Waals surface area contributed by atoms with E-state index in [1.54, 1.807) is 11.0 Å². The Bertz CT molecular complexity index is 924. The number of hydrogen-bond donors (Lipinski definition) is 1. The number of halogens is 3. The Morgan fingerprint density at radius 3 is 2.44 bits per heavy atom. The number of carbonyl (C=O) groups is 2. The van der Waals surface area contributed by atoms with Crippen molar-refractivity contribution in [2.45, 2.75) is 77.6 Å². The molecule has 0 bridgehead atoms. The number of aliphatic carboxylic acids is 1. The molecule has 2 aliphatic heterocycles. The number of amides is 1. The summed E-state index contributed by atoms with van der Waals surface area (Å²) in [5.74, 6) is -0.304. The molecule has 1 aliphatic carbocycles. The topological polar surface area (TPSA) is 60.9 Å². The largest absolute Gasteiger partial charge is 0.481 e. The van der Waals surface area contributed by atoms with E-state index in [4.69, 9.17) is 5.11 Å². The van der Waals surface area contributed by atoms with Crippen LogP contribution in [0.25, 0.3) is 0 Å². The highest BCUT2D eigenvalue weighted by Crippen LogP contribution is 2.48. The number of carbonyl (C=O) groups excluding carboxylic acids is 1. The molecular weight excluding hydrogens is 445 g/mol. The van der Waals surface area contributed by atoms with E-state index >= 15 is 0 Å². The minimum Gasteiger partial charge on any atom is -0.481 e. The van der Waals surface area contributed by atoms with Crippen molar-refractivity contribution in [1.29, 1.82) is 0 Å². The third-order valence-electron chi connectivity index (χ3n) is 8.52. The fraction of sp³-hybridized carbons (Fsp3) is 0.692. The van der Waals surface area contributed by atoms with Crippen molar-refractivity contribution in [2.24, 2.45) is 17.3 Å². The molecule has 2 unspecified atom stereocenters. The molecule has 1 N–H and O–H groups in total. The summed E-state index contributed by atoms with van der Waals surface area (Å²) in [6.45, 7) is 6.66. The van der Waals surface area contributed by atoms with E-state index in [2.05, 4.69) is 18.7 Å². The zero-order chi connectivity index (χ0) is 24.7. The first-order valence-corrected chi connectivity index (χ1v) is 12.4. The van der Waals surface area contributed by atoms with Gasteiger partial charge in [0.2, 0.25) is 5.91 Å². The number of rotatable bonds is 5. The number of carboxylic acids is 1. The average Bonchev–Trinajstić information content (AvgIpc) is 3.24. The van der Waals surface area contributed by atoms with Crippen molar-refractivity contribution in [1.82, 2.24) is 9.80 Å². The number of fused-ring (bicyclic) bond motifs is 1. The third kappa shape index (κ3) is 4.97. The van der Waals surface area contributed by atoms with Gasteiger partial charge in [0, 0.05) is 25.6 Å². The maximum Gasteiger partial charge on any atom is 0.416 e. The molecule has 188 valence electrons. The second-order valence-corrected chi connectivity index (χ2v) is 10.7. The standard InChI is InChI=1S/C26H35F3N2O3/c1-17(2)25(9-5-22(15-25)30-10-6-18(7-11-30)13-23(32)33)24(34)31-12-8-19-3-4-21(26(27,28)29)14-20(19)16-31/h3-4,14,17-18,22H,5-13,15-16H2,1-2H3,(H,32,33). The average molecular weight is 481 g/mol. The highest BCUT2D eigenvalue weighted by Gasteiger charge is 2.51. The van der Waals surface area contributed by atoms with Gasteiger partial charge in [-0.1, -0.05) is 19.9 Å². The minimum atomic E-state index is -4.39. The normalized spacial score (nSPS) is 26.6. The first-order chi connectivity index (χ1) is 16.0. The Labute approximate surface area is 199 Å². The molecule has 0 spiro atoms. The number of alkyl halides is 3. The summed E-state index contributed by atoms with van der Waals surface area (Å²) in [6, 6.07) is 4.19. The SMILES string of the molecule is CC(C)C1(C(=O)N2CCc3ccc(C(F)(F)F)cc3C2)CCC(N2CCC(CC(=O)O)CC2)C1. The molecule has 0 aromatic heterocycles. The monoisotopic (exact) mass is 480 g/mol. The Hall–Kier alpha value is -2.09. The van der Waals surface area contributed by atoms with Gasteiger partial charge >= 0.3 is 12.1 Å². The van der Waals surface area contributed by atoms with Crippen molar-refractivity contribution in [2.75, 3.05) is 19.6 Å². The molecule has 2 heterocycles. The molecule has 0 radical (unpaired) electrons. The lowest BCUT2D eigenvalue weighted by atomic mass is 9.73. The summed E-state index contributed by atoms with van der Waals surface area (Å²) in [5, 5.41) is 9.06. The first-order valence-electron chi connectivity index (χ1n) is 12.4. The van der Waals surface area contributed by atoms with Gasteiger partial charge < -0.3 is 14.9 Å².